The summed E-state index contributed by atoms with van der Waals surface area (Å²) in [5.74, 6) is -4.90. The molecule has 0 heterocycles. The number of hydrogen-bond acceptors (Lipinski definition) is 3. The van der Waals surface area contributed by atoms with Crippen LogP contribution in [0.25, 0.3) is 0 Å². The predicted octanol–water partition coefficient (Wildman–Crippen LogP) is 1.85. The SMILES string of the molecule is C=C(Br)CNS(=O)(=O)c1ccc(F)c(C(=O)O)c1F. The highest BCUT2D eigenvalue weighted by Gasteiger charge is 2.26. The van der Waals surface area contributed by atoms with Crippen molar-refractivity contribution in [2.24, 2.45) is 0 Å². The first-order valence-corrected chi connectivity index (χ1v) is 6.98. The van der Waals surface area contributed by atoms with E-state index in [4.69, 9.17) is 5.11 Å². The number of carboxylic acid groups (broad SMARTS) is 1. The molecule has 0 aliphatic carbocycles. The summed E-state index contributed by atoms with van der Waals surface area (Å²) in [5, 5.41) is 8.64. The van der Waals surface area contributed by atoms with Crippen LogP contribution in [0.5, 0.6) is 0 Å². The predicted molar refractivity (Wildman–Crippen MR) is 66.6 cm³/mol. The van der Waals surface area contributed by atoms with E-state index in [0.717, 1.165) is 0 Å². The minimum absolute atomic E-state index is 0.221. The van der Waals surface area contributed by atoms with Crippen LogP contribution < -0.4 is 4.72 Å². The van der Waals surface area contributed by atoms with E-state index in [1.807, 2.05) is 4.72 Å². The summed E-state index contributed by atoms with van der Waals surface area (Å²) in [6.45, 7) is 3.16. The van der Waals surface area contributed by atoms with Gasteiger partial charge in [0.1, 0.15) is 16.3 Å². The Labute approximate surface area is 116 Å². The number of carboxylic acids is 1. The number of benzene rings is 1. The normalized spacial score (nSPS) is 11.3. The maximum absolute atomic E-state index is 13.7. The van der Waals surface area contributed by atoms with Gasteiger partial charge in [-0.3, -0.25) is 0 Å². The number of halogens is 3. The van der Waals surface area contributed by atoms with Gasteiger partial charge in [-0.1, -0.05) is 22.5 Å². The summed E-state index contributed by atoms with van der Waals surface area (Å²) in [6, 6.07) is 1.22. The van der Waals surface area contributed by atoms with Crippen molar-refractivity contribution >= 4 is 31.9 Å². The molecule has 0 atom stereocenters. The topological polar surface area (TPSA) is 83.5 Å². The lowest BCUT2D eigenvalue weighted by Crippen LogP contribution is -2.26. The lowest BCUT2D eigenvalue weighted by atomic mass is 10.2. The quantitative estimate of drug-likeness (QED) is 0.844. The van der Waals surface area contributed by atoms with Crippen LogP contribution in [0.4, 0.5) is 8.78 Å². The van der Waals surface area contributed by atoms with Gasteiger partial charge in [-0.15, -0.1) is 0 Å². The summed E-state index contributed by atoms with van der Waals surface area (Å²) in [6.07, 6.45) is 0. The minimum Gasteiger partial charge on any atom is -0.477 e. The van der Waals surface area contributed by atoms with Crippen molar-refractivity contribution in [3.8, 4) is 0 Å². The van der Waals surface area contributed by atoms with E-state index in [1.54, 1.807) is 0 Å². The summed E-state index contributed by atoms with van der Waals surface area (Å²) < 4.78 is 52.5. The molecule has 0 aliphatic rings. The van der Waals surface area contributed by atoms with E-state index in [1.165, 1.54) is 0 Å². The molecule has 5 nitrogen and oxygen atoms in total. The van der Waals surface area contributed by atoms with Gasteiger partial charge in [0, 0.05) is 11.0 Å². The summed E-state index contributed by atoms with van der Waals surface area (Å²) in [7, 11) is -4.30. The first-order valence-electron chi connectivity index (χ1n) is 4.71. The molecule has 1 aromatic rings. The fourth-order valence-corrected chi connectivity index (χ4v) is 2.62. The monoisotopic (exact) mass is 355 g/mol. The van der Waals surface area contributed by atoms with Crippen LogP contribution in [0.15, 0.2) is 28.1 Å². The maximum atomic E-state index is 13.7. The van der Waals surface area contributed by atoms with Crippen molar-refractivity contribution in [1.29, 1.82) is 0 Å². The number of aromatic carboxylic acids is 1. The molecule has 0 saturated heterocycles. The van der Waals surface area contributed by atoms with Gasteiger partial charge in [0.15, 0.2) is 5.82 Å². The minimum atomic E-state index is -4.30. The van der Waals surface area contributed by atoms with Gasteiger partial charge < -0.3 is 5.11 Å². The molecule has 0 radical (unpaired) electrons. The molecule has 104 valence electrons. The number of hydrogen-bond donors (Lipinski definition) is 2. The third kappa shape index (κ3) is 3.58. The maximum Gasteiger partial charge on any atom is 0.341 e. The lowest BCUT2D eigenvalue weighted by molar-refractivity contribution is 0.0685. The van der Waals surface area contributed by atoms with Gasteiger partial charge in [-0.05, 0) is 12.1 Å². The van der Waals surface area contributed by atoms with E-state index in [-0.39, 0.29) is 11.0 Å². The molecule has 0 amide bonds. The molecule has 1 aromatic carbocycles. The van der Waals surface area contributed by atoms with Crippen molar-refractivity contribution < 1.29 is 27.1 Å². The number of nitrogens with one attached hydrogen (secondary N) is 1. The molecule has 0 aromatic heterocycles. The number of carbonyl (C=O) groups is 1. The zero-order valence-electron chi connectivity index (χ0n) is 9.28. The van der Waals surface area contributed by atoms with Crippen molar-refractivity contribution in [1.82, 2.24) is 4.72 Å². The van der Waals surface area contributed by atoms with E-state index in [2.05, 4.69) is 22.5 Å². The average molecular weight is 356 g/mol. The third-order valence-corrected chi connectivity index (χ3v) is 3.71. The Morgan fingerprint density at radius 1 is 1.42 bits per heavy atom. The second kappa shape index (κ2) is 5.76. The van der Waals surface area contributed by atoms with Crippen LogP contribution >= 0.6 is 15.9 Å². The van der Waals surface area contributed by atoms with Crippen molar-refractivity contribution in [3.05, 3.63) is 40.4 Å². The van der Waals surface area contributed by atoms with Crippen LogP contribution in [0.2, 0.25) is 0 Å². The van der Waals surface area contributed by atoms with Crippen LogP contribution in [-0.4, -0.2) is 26.0 Å². The van der Waals surface area contributed by atoms with Crippen molar-refractivity contribution in [3.63, 3.8) is 0 Å². The Morgan fingerprint density at radius 3 is 2.47 bits per heavy atom. The fourth-order valence-electron chi connectivity index (χ4n) is 1.19. The smallest absolute Gasteiger partial charge is 0.341 e. The van der Waals surface area contributed by atoms with E-state index in [0.29, 0.717) is 12.1 Å². The van der Waals surface area contributed by atoms with Crippen molar-refractivity contribution in [2.75, 3.05) is 6.54 Å². The molecule has 2 N–H and O–H groups in total. The standard InChI is InChI=1S/C10H8BrF2NO4S/c1-5(11)4-14-19(17,18)7-3-2-6(12)8(9(7)13)10(15)16/h2-3,14H,1,4H2,(H,15,16). The summed E-state index contributed by atoms with van der Waals surface area (Å²) in [5.41, 5.74) is -1.32. The number of sulfonamides is 1. The average Bonchev–Trinajstić information content (AvgIpc) is 2.25. The summed E-state index contributed by atoms with van der Waals surface area (Å²) >= 11 is 2.90. The number of rotatable bonds is 5. The Bertz CT molecular complexity index is 645. The molecule has 0 unspecified atom stereocenters. The molecular formula is C10H8BrF2NO4S. The Hall–Kier alpha value is -1.32. The Kier molecular flexibility index (Phi) is 4.77. The highest BCUT2D eigenvalue weighted by atomic mass is 79.9. The van der Waals surface area contributed by atoms with E-state index >= 15 is 0 Å². The molecule has 0 saturated carbocycles. The zero-order chi connectivity index (χ0) is 14.8. The van der Waals surface area contributed by atoms with Crippen LogP contribution in [0, 0.1) is 11.6 Å². The Morgan fingerprint density at radius 2 is 2.00 bits per heavy atom. The van der Waals surface area contributed by atoms with Gasteiger partial charge in [0.25, 0.3) is 0 Å². The molecule has 0 spiro atoms. The van der Waals surface area contributed by atoms with Gasteiger partial charge in [0.2, 0.25) is 10.0 Å². The molecule has 0 bridgehead atoms. The van der Waals surface area contributed by atoms with E-state index in [9.17, 15) is 22.0 Å². The molecular weight excluding hydrogens is 348 g/mol. The lowest BCUT2D eigenvalue weighted by Gasteiger charge is -2.09. The molecule has 9 heteroatoms. The van der Waals surface area contributed by atoms with Crippen LogP contribution in [-0.2, 0) is 10.0 Å². The molecule has 0 aliphatic heterocycles. The highest BCUT2D eigenvalue weighted by molar-refractivity contribution is 9.11. The second-order valence-corrected chi connectivity index (χ2v) is 6.24. The van der Waals surface area contributed by atoms with Gasteiger partial charge in [-0.2, -0.15) is 0 Å². The first-order chi connectivity index (χ1) is 8.66. The van der Waals surface area contributed by atoms with Gasteiger partial charge >= 0.3 is 5.97 Å². The fraction of sp³-hybridized carbons (Fsp3) is 0.100. The first kappa shape index (κ1) is 15.7. The van der Waals surface area contributed by atoms with E-state index < -0.39 is 38.1 Å². The summed E-state index contributed by atoms with van der Waals surface area (Å²) in [4.78, 5) is 9.73. The molecule has 19 heavy (non-hydrogen) atoms. The largest absolute Gasteiger partial charge is 0.477 e. The molecule has 1 rings (SSSR count). The zero-order valence-corrected chi connectivity index (χ0v) is 11.7. The van der Waals surface area contributed by atoms with Gasteiger partial charge in [0.05, 0.1) is 0 Å². The highest BCUT2D eigenvalue weighted by Crippen LogP contribution is 2.21. The van der Waals surface area contributed by atoms with Gasteiger partial charge in [-0.25, -0.2) is 26.7 Å². The second-order valence-electron chi connectivity index (χ2n) is 3.38. The Balaban J connectivity index is 3.33. The van der Waals surface area contributed by atoms with Crippen LogP contribution in [0.3, 0.4) is 0 Å². The van der Waals surface area contributed by atoms with Crippen LogP contribution in [0.1, 0.15) is 10.4 Å². The third-order valence-electron chi connectivity index (χ3n) is 2.01. The molecule has 0 fully saturated rings. The van der Waals surface area contributed by atoms with Crippen molar-refractivity contribution in [2.45, 2.75) is 4.90 Å².